The number of hydrogen-bond acceptors (Lipinski definition) is 3. The van der Waals surface area contributed by atoms with Gasteiger partial charge in [0.05, 0.1) is 11.1 Å². The average molecular weight is 258 g/mol. The summed E-state index contributed by atoms with van der Waals surface area (Å²) in [7, 11) is 3.58. The van der Waals surface area contributed by atoms with Gasteiger partial charge in [-0.1, -0.05) is 17.7 Å². The van der Waals surface area contributed by atoms with E-state index in [2.05, 4.69) is 12.2 Å². The van der Waals surface area contributed by atoms with Crippen LogP contribution in [0, 0.1) is 0 Å². The van der Waals surface area contributed by atoms with E-state index in [0.29, 0.717) is 17.4 Å². The van der Waals surface area contributed by atoms with E-state index in [4.69, 9.17) is 21.1 Å². The van der Waals surface area contributed by atoms with Crippen LogP contribution in [0.1, 0.15) is 25.5 Å². The normalized spacial score (nSPS) is 14.4. The van der Waals surface area contributed by atoms with Gasteiger partial charge in [-0.25, -0.2) is 0 Å². The van der Waals surface area contributed by atoms with E-state index in [1.165, 1.54) is 0 Å². The van der Waals surface area contributed by atoms with Crippen LogP contribution in [0.4, 0.5) is 0 Å². The van der Waals surface area contributed by atoms with Gasteiger partial charge in [0.25, 0.3) is 0 Å². The van der Waals surface area contributed by atoms with Crippen LogP contribution >= 0.6 is 11.6 Å². The number of nitrogens with one attached hydrogen (secondary N) is 1. The highest BCUT2D eigenvalue weighted by Crippen LogP contribution is 2.27. The summed E-state index contributed by atoms with van der Waals surface area (Å²) in [6.07, 6.45) is 0.0574. The molecule has 0 aliphatic carbocycles. The molecule has 0 aliphatic heterocycles. The molecular formula is C13H20ClNO2. The third-order valence-electron chi connectivity index (χ3n) is 2.76. The Morgan fingerprint density at radius 3 is 2.59 bits per heavy atom. The van der Waals surface area contributed by atoms with Gasteiger partial charge in [0.15, 0.2) is 0 Å². The van der Waals surface area contributed by atoms with Gasteiger partial charge in [-0.2, -0.15) is 0 Å². The maximum absolute atomic E-state index is 6.16. The summed E-state index contributed by atoms with van der Waals surface area (Å²) in [5.41, 5.74) is 1.14. The van der Waals surface area contributed by atoms with Gasteiger partial charge in [-0.3, -0.25) is 0 Å². The van der Waals surface area contributed by atoms with Gasteiger partial charge in [0.1, 0.15) is 12.4 Å². The molecule has 17 heavy (non-hydrogen) atoms. The van der Waals surface area contributed by atoms with Crippen molar-refractivity contribution >= 4 is 11.6 Å². The largest absolute Gasteiger partial charge is 0.489 e. The van der Waals surface area contributed by atoms with Crippen LogP contribution < -0.4 is 10.1 Å². The minimum absolute atomic E-state index is 0.0574. The maximum Gasteiger partial charge on any atom is 0.138 e. The predicted molar refractivity (Wildman–Crippen MR) is 70.9 cm³/mol. The lowest BCUT2D eigenvalue weighted by Crippen LogP contribution is -2.16. The number of rotatable bonds is 6. The lowest BCUT2D eigenvalue weighted by Gasteiger charge is -2.15. The van der Waals surface area contributed by atoms with Crippen molar-refractivity contribution in [3.8, 4) is 5.75 Å². The second kappa shape index (κ2) is 6.84. The topological polar surface area (TPSA) is 30.5 Å². The molecule has 1 N–H and O–H groups in total. The van der Waals surface area contributed by atoms with Gasteiger partial charge in [0.2, 0.25) is 0 Å². The maximum atomic E-state index is 6.16. The second-order valence-corrected chi connectivity index (χ2v) is 4.46. The fraction of sp³-hybridized carbons (Fsp3) is 0.538. The molecule has 0 saturated carbocycles. The fourth-order valence-electron chi connectivity index (χ4n) is 1.35. The quantitative estimate of drug-likeness (QED) is 0.850. The molecule has 0 heterocycles. The Bertz CT molecular complexity index is 357. The predicted octanol–water partition coefficient (Wildman–Crippen LogP) is 3.03. The first kappa shape index (κ1) is 14.3. The summed E-state index contributed by atoms with van der Waals surface area (Å²) in [6.45, 7) is 4.53. The number of hydrogen-bond donors (Lipinski definition) is 1. The summed E-state index contributed by atoms with van der Waals surface area (Å²) >= 11 is 6.16. The molecule has 0 aliphatic rings. The van der Waals surface area contributed by atoms with Crippen molar-refractivity contribution < 1.29 is 9.47 Å². The van der Waals surface area contributed by atoms with Crippen LogP contribution in [0.3, 0.4) is 0 Å². The van der Waals surface area contributed by atoms with Crippen LogP contribution in [0.15, 0.2) is 18.2 Å². The van der Waals surface area contributed by atoms with Crippen LogP contribution in [-0.2, 0) is 4.74 Å². The lowest BCUT2D eigenvalue weighted by atomic mass is 10.1. The third kappa shape index (κ3) is 4.19. The number of methoxy groups -OCH3 is 1. The van der Waals surface area contributed by atoms with Crippen molar-refractivity contribution in [3.05, 3.63) is 28.8 Å². The molecule has 0 bridgehead atoms. The Balaban J connectivity index is 2.69. The Morgan fingerprint density at radius 2 is 2.06 bits per heavy atom. The summed E-state index contributed by atoms with van der Waals surface area (Å²) in [6, 6.07) is 6.11. The van der Waals surface area contributed by atoms with Gasteiger partial charge < -0.3 is 14.8 Å². The van der Waals surface area contributed by atoms with Gasteiger partial charge in [-0.05, 0) is 38.6 Å². The lowest BCUT2D eigenvalue weighted by molar-refractivity contribution is 0.0717. The van der Waals surface area contributed by atoms with E-state index in [1.54, 1.807) is 7.11 Å². The Hall–Kier alpha value is -0.770. The molecule has 3 nitrogen and oxygen atoms in total. The monoisotopic (exact) mass is 257 g/mol. The van der Waals surface area contributed by atoms with Crippen LogP contribution in [0.25, 0.3) is 0 Å². The van der Waals surface area contributed by atoms with Crippen LogP contribution in [-0.4, -0.2) is 26.9 Å². The minimum Gasteiger partial charge on any atom is -0.489 e. The number of ether oxygens (including phenoxy) is 2. The molecular weight excluding hydrogens is 238 g/mol. The molecule has 96 valence electrons. The molecule has 2 unspecified atom stereocenters. The van der Waals surface area contributed by atoms with E-state index in [0.717, 1.165) is 5.56 Å². The Labute approximate surface area is 108 Å². The highest BCUT2D eigenvalue weighted by atomic mass is 35.5. The standard InChI is InChI=1S/C13H20ClNO2/c1-9(16-4)8-17-13-6-5-11(7-12(13)14)10(2)15-3/h5-7,9-10,15H,8H2,1-4H3. The smallest absolute Gasteiger partial charge is 0.138 e. The van der Waals surface area contributed by atoms with Crippen molar-refractivity contribution in [1.82, 2.24) is 5.32 Å². The molecule has 1 aromatic rings. The second-order valence-electron chi connectivity index (χ2n) is 4.06. The molecule has 0 aromatic heterocycles. The van der Waals surface area contributed by atoms with Gasteiger partial charge in [-0.15, -0.1) is 0 Å². The molecule has 0 amide bonds. The van der Waals surface area contributed by atoms with Gasteiger partial charge >= 0.3 is 0 Å². The zero-order valence-electron chi connectivity index (χ0n) is 10.8. The Kier molecular flexibility index (Phi) is 5.75. The summed E-state index contributed by atoms with van der Waals surface area (Å²) < 4.78 is 10.7. The first-order chi connectivity index (χ1) is 8.08. The van der Waals surface area contributed by atoms with Crippen molar-refractivity contribution in [2.45, 2.75) is 26.0 Å². The zero-order valence-corrected chi connectivity index (χ0v) is 11.5. The molecule has 0 fully saturated rings. The van der Waals surface area contributed by atoms with Crippen molar-refractivity contribution in [2.75, 3.05) is 20.8 Å². The molecule has 2 atom stereocenters. The summed E-state index contributed by atoms with van der Waals surface area (Å²) in [5.74, 6) is 0.697. The molecule has 0 spiro atoms. The fourth-order valence-corrected chi connectivity index (χ4v) is 1.59. The molecule has 0 radical (unpaired) electrons. The van der Waals surface area contributed by atoms with Gasteiger partial charge in [0, 0.05) is 13.2 Å². The summed E-state index contributed by atoms with van der Waals surface area (Å²) in [5, 5.41) is 3.80. The van der Waals surface area contributed by atoms with Crippen LogP contribution in [0.5, 0.6) is 5.75 Å². The van der Waals surface area contributed by atoms with Crippen LogP contribution in [0.2, 0.25) is 5.02 Å². The molecule has 1 rings (SSSR count). The average Bonchev–Trinajstić information content (AvgIpc) is 2.35. The SMILES string of the molecule is CNC(C)c1ccc(OCC(C)OC)c(Cl)c1. The van der Waals surface area contributed by atoms with E-state index in [-0.39, 0.29) is 12.1 Å². The Morgan fingerprint density at radius 1 is 1.35 bits per heavy atom. The van der Waals surface area contributed by atoms with E-state index in [1.807, 2.05) is 32.2 Å². The molecule has 1 aromatic carbocycles. The van der Waals surface area contributed by atoms with E-state index in [9.17, 15) is 0 Å². The number of benzene rings is 1. The highest BCUT2D eigenvalue weighted by molar-refractivity contribution is 6.32. The first-order valence-corrected chi connectivity index (χ1v) is 6.08. The molecule has 0 saturated heterocycles. The van der Waals surface area contributed by atoms with E-state index >= 15 is 0 Å². The third-order valence-corrected chi connectivity index (χ3v) is 3.06. The van der Waals surface area contributed by atoms with Crippen molar-refractivity contribution in [2.24, 2.45) is 0 Å². The van der Waals surface area contributed by atoms with E-state index < -0.39 is 0 Å². The summed E-state index contributed by atoms with van der Waals surface area (Å²) in [4.78, 5) is 0. The number of halogens is 1. The molecule has 4 heteroatoms. The highest BCUT2D eigenvalue weighted by Gasteiger charge is 2.08. The zero-order chi connectivity index (χ0) is 12.8. The first-order valence-electron chi connectivity index (χ1n) is 5.70. The van der Waals surface area contributed by atoms with Crippen molar-refractivity contribution in [1.29, 1.82) is 0 Å². The van der Waals surface area contributed by atoms with Crippen molar-refractivity contribution in [3.63, 3.8) is 0 Å². The minimum atomic E-state index is 0.0574.